The maximum absolute atomic E-state index is 11.7. The summed E-state index contributed by atoms with van der Waals surface area (Å²) in [5.74, 6) is 0.901. The molecule has 1 saturated carbocycles. The standard InChI is InChI=1S/C31H48O6S/c1-21(11-13-24-19-25(32)14-15-27(24)33)9-7-10-23(3)28(37-38(34,35)36)20-26-22(2)12-16-29-30(4,5)17-8-18-31(26,29)6/h11-12,14-15,19,23,26,28-29,32-33H,7-10,13,16-18,20H2,1-6H3,(H,34,35,36)/p-1/b21-11-/t23-,26+,28-,29+,31-/m1/s1. The van der Waals surface area contributed by atoms with E-state index in [1.807, 2.05) is 19.9 Å². The van der Waals surface area contributed by atoms with Gasteiger partial charge in [0.05, 0.1) is 6.10 Å². The van der Waals surface area contributed by atoms with E-state index in [1.54, 1.807) is 6.07 Å². The van der Waals surface area contributed by atoms with Crippen molar-refractivity contribution >= 4 is 10.4 Å². The number of benzene rings is 1. The molecule has 7 heteroatoms. The largest absolute Gasteiger partial charge is 0.726 e. The smallest absolute Gasteiger partial charge is 0.217 e. The number of hydrogen-bond donors (Lipinski definition) is 2. The lowest BCUT2D eigenvalue weighted by Gasteiger charge is -2.57. The Morgan fingerprint density at radius 3 is 2.63 bits per heavy atom. The Kier molecular flexibility index (Phi) is 9.81. The second kappa shape index (κ2) is 12.1. The van der Waals surface area contributed by atoms with Crippen LogP contribution in [0.2, 0.25) is 0 Å². The van der Waals surface area contributed by atoms with Gasteiger partial charge in [-0.15, -0.1) is 0 Å². The Labute approximate surface area is 230 Å². The van der Waals surface area contributed by atoms with Gasteiger partial charge in [0.25, 0.3) is 0 Å². The van der Waals surface area contributed by atoms with Crippen molar-refractivity contribution in [2.45, 2.75) is 105 Å². The summed E-state index contributed by atoms with van der Waals surface area (Å²) in [7, 11) is -4.82. The summed E-state index contributed by atoms with van der Waals surface area (Å²) in [6.45, 7) is 13.3. The third-order valence-electron chi connectivity index (χ3n) is 9.61. The summed E-state index contributed by atoms with van der Waals surface area (Å²) in [6, 6.07) is 4.50. The topological polar surface area (TPSA) is 107 Å². The summed E-state index contributed by atoms with van der Waals surface area (Å²) in [4.78, 5) is 0. The van der Waals surface area contributed by atoms with Gasteiger partial charge in [-0.2, -0.15) is 0 Å². The maximum atomic E-state index is 11.7. The first-order valence-electron chi connectivity index (χ1n) is 14.1. The molecule has 38 heavy (non-hydrogen) atoms. The van der Waals surface area contributed by atoms with Gasteiger partial charge in [-0.3, -0.25) is 4.18 Å². The zero-order valence-corrected chi connectivity index (χ0v) is 24.8. The third-order valence-corrected chi connectivity index (χ3v) is 10.1. The van der Waals surface area contributed by atoms with Crippen molar-refractivity contribution in [2.24, 2.45) is 28.6 Å². The van der Waals surface area contributed by atoms with E-state index in [1.165, 1.54) is 24.1 Å². The van der Waals surface area contributed by atoms with Crippen LogP contribution in [0.5, 0.6) is 11.5 Å². The average molecular weight is 548 g/mol. The van der Waals surface area contributed by atoms with Crippen LogP contribution in [0.4, 0.5) is 0 Å². The molecule has 2 N–H and O–H groups in total. The molecular weight excluding hydrogens is 500 g/mol. The highest BCUT2D eigenvalue weighted by Gasteiger charge is 2.52. The first kappa shape index (κ1) is 30.7. The van der Waals surface area contributed by atoms with Gasteiger partial charge in [-0.05, 0) is 112 Å². The van der Waals surface area contributed by atoms with Crippen molar-refractivity contribution in [3.05, 3.63) is 47.1 Å². The van der Waals surface area contributed by atoms with Crippen LogP contribution in [0.3, 0.4) is 0 Å². The summed E-state index contributed by atoms with van der Waals surface area (Å²) < 4.78 is 40.5. The van der Waals surface area contributed by atoms with E-state index in [9.17, 15) is 23.2 Å². The molecule has 1 fully saturated rings. The van der Waals surface area contributed by atoms with Gasteiger partial charge in [-0.25, -0.2) is 8.42 Å². The summed E-state index contributed by atoms with van der Waals surface area (Å²) in [5, 5.41) is 19.7. The summed E-state index contributed by atoms with van der Waals surface area (Å²) >= 11 is 0. The van der Waals surface area contributed by atoms with Crippen LogP contribution in [0, 0.1) is 28.6 Å². The molecule has 0 heterocycles. The first-order chi connectivity index (χ1) is 17.6. The lowest BCUT2D eigenvalue weighted by molar-refractivity contribution is -0.0517. The quantitative estimate of drug-likeness (QED) is 0.129. The van der Waals surface area contributed by atoms with Gasteiger partial charge in [-0.1, -0.05) is 57.4 Å². The molecule has 0 aromatic heterocycles. The van der Waals surface area contributed by atoms with E-state index in [0.29, 0.717) is 24.3 Å². The minimum absolute atomic E-state index is 0.0608. The fraction of sp³-hybridized carbons (Fsp3) is 0.677. The average Bonchev–Trinajstić information content (AvgIpc) is 2.79. The Hall–Kier alpha value is -1.83. The molecule has 214 valence electrons. The first-order valence-corrected chi connectivity index (χ1v) is 15.4. The van der Waals surface area contributed by atoms with Gasteiger partial charge in [0.1, 0.15) is 11.5 Å². The van der Waals surface area contributed by atoms with Crippen molar-refractivity contribution in [3.8, 4) is 11.5 Å². The van der Waals surface area contributed by atoms with Gasteiger partial charge in [0, 0.05) is 5.56 Å². The fourth-order valence-corrected chi connectivity index (χ4v) is 7.92. The van der Waals surface area contributed by atoms with Crippen LogP contribution in [0.15, 0.2) is 41.5 Å². The number of hydrogen-bond acceptors (Lipinski definition) is 6. The van der Waals surface area contributed by atoms with Crippen LogP contribution < -0.4 is 0 Å². The van der Waals surface area contributed by atoms with Gasteiger partial charge in [0.15, 0.2) is 0 Å². The van der Waals surface area contributed by atoms with Crippen LogP contribution in [-0.4, -0.2) is 29.3 Å². The van der Waals surface area contributed by atoms with E-state index in [-0.39, 0.29) is 34.2 Å². The predicted octanol–water partition coefficient (Wildman–Crippen LogP) is 7.43. The molecule has 3 rings (SSSR count). The zero-order valence-electron chi connectivity index (χ0n) is 24.0. The van der Waals surface area contributed by atoms with Crippen molar-refractivity contribution < 1.29 is 27.4 Å². The molecule has 1 aromatic rings. The van der Waals surface area contributed by atoms with Crippen LogP contribution in [0.1, 0.15) is 98.5 Å². The van der Waals surface area contributed by atoms with Gasteiger partial charge in [0.2, 0.25) is 10.4 Å². The fourth-order valence-electron chi connectivity index (χ4n) is 7.35. The monoisotopic (exact) mass is 547 g/mol. The molecule has 5 atom stereocenters. The Balaban J connectivity index is 1.67. The highest BCUT2D eigenvalue weighted by molar-refractivity contribution is 7.80. The number of fused-ring (bicyclic) bond motifs is 1. The second-order valence-electron chi connectivity index (χ2n) is 12.9. The molecule has 0 saturated heterocycles. The number of rotatable bonds is 11. The lowest BCUT2D eigenvalue weighted by Crippen LogP contribution is -2.49. The molecule has 0 amide bonds. The Morgan fingerprint density at radius 2 is 1.95 bits per heavy atom. The highest BCUT2D eigenvalue weighted by atomic mass is 32.3. The van der Waals surface area contributed by atoms with Crippen molar-refractivity contribution in [2.75, 3.05) is 0 Å². The summed E-state index contributed by atoms with van der Waals surface area (Å²) in [5.41, 5.74) is 3.40. The van der Waals surface area contributed by atoms with Crippen molar-refractivity contribution in [1.29, 1.82) is 0 Å². The normalized spacial score (nSPS) is 27.3. The minimum Gasteiger partial charge on any atom is -0.726 e. The van der Waals surface area contributed by atoms with E-state index in [4.69, 9.17) is 4.18 Å². The van der Waals surface area contributed by atoms with E-state index >= 15 is 0 Å². The molecular formula is C31H47O6S-. The molecule has 2 aliphatic rings. The molecule has 0 aliphatic heterocycles. The molecule has 0 spiro atoms. The van der Waals surface area contributed by atoms with Crippen LogP contribution >= 0.6 is 0 Å². The maximum Gasteiger partial charge on any atom is 0.217 e. The molecule has 0 bridgehead atoms. The van der Waals surface area contributed by atoms with E-state index in [0.717, 1.165) is 44.1 Å². The van der Waals surface area contributed by atoms with E-state index in [2.05, 4.69) is 33.8 Å². The molecule has 1 aromatic carbocycles. The number of aromatic hydroxyl groups is 2. The second-order valence-corrected chi connectivity index (χ2v) is 13.9. The van der Waals surface area contributed by atoms with Gasteiger partial charge < -0.3 is 14.8 Å². The lowest BCUT2D eigenvalue weighted by atomic mass is 9.48. The zero-order chi connectivity index (χ0) is 28.3. The van der Waals surface area contributed by atoms with Gasteiger partial charge >= 0.3 is 0 Å². The summed E-state index contributed by atoms with van der Waals surface area (Å²) in [6.07, 6.45) is 11.7. The Morgan fingerprint density at radius 1 is 1.24 bits per heavy atom. The predicted molar refractivity (Wildman–Crippen MR) is 151 cm³/mol. The van der Waals surface area contributed by atoms with Crippen molar-refractivity contribution in [1.82, 2.24) is 0 Å². The molecule has 2 aliphatic carbocycles. The van der Waals surface area contributed by atoms with Crippen LogP contribution in [0.25, 0.3) is 0 Å². The van der Waals surface area contributed by atoms with Crippen molar-refractivity contribution in [3.63, 3.8) is 0 Å². The molecule has 0 unspecified atom stereocenters. The number of phenolic OH excluding ortho intramolecular Hbond substituents is 2. The molecule has 0 radical (unpaired) electrons. The minimum atomic E-state index is -4.82. The van der Waals surface area contributed by atoms with Crippen LogP contribution in [-0.2, 0) is 21.0 Å². The number of phenols is 2. The highest BCUT2D eigenvalue weighted by Crippen LogP contribution is 2.60. The number of allylic oxidation sites excluding steroid dienone is 4. The molecule has 6 nitrogen and oxygen atoms in total. The Bertz CT molecular complexity index is 1140. The third kappa shape index (κ3) is 7.64. The van der Waals surface area contributed by atoms with E-state index < -0.39 is 16.5 Å². The SMILES string of the molecule is CC1=CC[C@H]2C(C)(C)CCC[C@]2(C)[C@H]1C[C@@H](OS(=O)(=O)[O-])[C@H](C)CCC/C(C)=C\Cc1cc(O)ccc1O.